The van der Waals surface area contributed by atoms with Crippen LogP contribution < -0.4 is 0 Å². The lowest BCUT2D eigenvalue weighted by molar-refractivity contribution is -0.167. The largest absolute Gasteiger partial charge is 0.462 e. The van der Waals surface area contributed by atoms with E-state index in [2.05, 4.69) is 29.8 Å². The molecular weight excluding hydrogens is 740 g/mol. The molecule has 0 spiro atoms. The fourth-order valence-corrected chi connectivity index (χ4v) is 7.45. The average molecular weight is 830 g/mol. The summed E-state index contributed by atoms with van der Waals surface area (Å²) in [4.78, 5) is 37.7. The van der Waals surface area contributed by atoms with E-state index < -0.39 is 6.10 Å². The second kappa shape index (κ2) is 44.6. The normalized spacial score (nSPS) is 11.3. The van der Waals surface area contributed by atoms with Crippen LogP contribution in [0.2, 0.25) is 0 Å². The van der Waals surface area contributed by atoms with E-state index in [9.17, 15) is 14.4 Å². The second-order valence-electron chi connectivity index (χ2n) is 16.1. The molecule has 0 unspecified atom stereocenters. The van der Waals surface area contributed by atoms with Crippen LogP contribution in [-0.4, -0.2) is 42.6 Å². The maximum Gasteiger partial charge on any atom is 0.306 e. The number of ether oxygens (including phenoxy) is 3. The van der Waals surface area contributed by atoms with Gasteiger partial charge in [0.05, 0.1) is 0 Å². The number of hydrogen-bond acceptors (Lipinski definition) is 6. The van der Waals surface area contributed by atoms with Crippen molar-refractivity contribution in [3.8, 4) is 0 Å². The highest BCUT2D eigenvalue weighted by Crippen LogP contribution is 2.16. The Morgan fingerprint density at radius 2 is 0.593 bits per heavy atom. The zero-order chi connectivity index (χ0) is 39.4. The summed E-state index contributed by atoms with van der Waals surface area (Å²) >= 11 is 3.49. The monoisotopic (exact) mass is 829 g/mol. The van der Waals surface area contributed by atoms with Crippen molar-refractivity contribution in [3.63, 3.8) is 0 Å². The number of hydrogen-bond donors (Lipinski definition) is 0. The minimum Gasteiger partial charge on any atom is -0.462 e. The molecule has 0 aliphatic carbocycles. The number of rotatable bonds is 44. The van der Waals surface area contributed by atoms with Gasteiger partial charge in [-0.15, -0.1) is 0 Å². The van der Waals surface area contributed by atoms with Crippen molar-refractivity contribution < 1.29 is 28.6 Å². The Morgan fingerprint density at radius 1 is 0.352 bits per heavy atom. The van der Waals surface area contributed by atoms with E-state index >= 15 is 0 Å². The molecular formula is C47H89BrO6. The number of unbranched alkanes of at least 4 members (excludes halogenated alkanes) is 32. The van der Waals surface area contributed by atoms with Gasteiger partial charge in [0.2, 0.25) is 0 Å². The number of carbonyl (C=O) groups is 3. The summed E-state index contributed by atoms with van der Waals surface area (Å²) in [6.07, 6.45) is 43.5. The van der Waals surface area contributed by atoms with E-state index in [0.717, 1.165) is 63.1 Å². The first-order valence-electron chi connectivity index (χ1n) is 23.6. The predicted molar refractivity (Wildman–Crippen MR) is 232 cm³/mol. The molecule has 0 heterocycles. The summed E-state index contributed by atoms with van der Waals surface area (Å²) in [7, 11) is 0. The summed E-state index contributed by atoms with van der Waals surface area (Å²) < 4.78 is 16.7. The first-order chi connectivity index (χ1) is 26.5. The first-order valence-corrected chi connectivity index (χ1v) is 24.7. The smallest absolute Gasteiger partial charge is 0.306 e. The Bertz CT molecular complexity index is 759. The Balaban J connectivity index is 4.29. The molecule has 0 radical (unpaired) electrons. The zero-order valence-electron chi connectivity index (χ0n) is 35.9. The van der Waals surface area contributed by atoms with Crippen molar-refractivity contribution in [2.45, 2.75) is 264 Å². The van der Waals surface area contributed by atoms with Gasteiger partial charge in [0.1, 0.15) is 13.2 Å². The van der Waals surface area contributed by atoms with Crippen LogP contribution in [0.15, 0.2) is 0 Å². The molecule has 0 fully saturated rings. The first kappa shape index (κ1) is 52.9. The van der Waals surface area contributed by atoms with Gasteiger partial charge in [-0.1, -0.05) is 229 Å². The van der Waals surface area contributed by atoms with Crippen LogP contribution in [0.3, 0.4) is 0 Å². The molecule has 6 nitrogen and oxygen atoms in total. The second-order valence-corrected chi connectivity index (χ2v) is 16.9. The standard InChI is InChI=1S/C47H89BrO6/c1-3-5-7-9-11-13-15-17-19-22-26-30-34-38-45(49)52-42-44(54-47(51)40-36-32-28-24-21-25-29-33-37-41-48)43-53-46(50)39-35-31-27-23-20-18-16-14-12-10-8-6-4-2/h44H,3-43H2,1-2H3. The lowest BCUT2D eigenvalue weighted by Gasteiger charge is -2.18. The molecule has 0 saturated heterocycles. The van der Waals surface area contributed by atoms with Crippen molar-refractivity contribution in [1.29, 1.82) is 0 Å². The predicted octanol–water partition coefficient (Wildman–Crippen LogP) is 15.2. The number of esters is 3. The van der Waals surface area contributed by atoms with Gasteiger partial charge in [-0.25, -0.2) is 0 Å². The lowest BCUT2D eigenvalue weighted by Crippen LogP contribution is -2.30. The third kappa shape index (κ3) is 42.0. The van der Waals surface area contributed by atoms with Crippen LogP contribution in [0.4, 0.5) is 0 Å². The summed E-state index contributed by atoms with van der Waals surface area (Å²) in [5.41, 5.74) is 0. The summed E-state index contributed by atoms with van der Waals surface area (Å²) in [5.74, 6) is -0.857. The Labute approximate surface area is 343 Å². The Morgan fingerprint density at radius 3 is 0.870 bits per heavy atom. The average Bonchev–Trinajstić information content (AvgIpc) is 3.17. The quantitative estimate of drug-likeness (QED) is 0.0263. The van der Waals surface area contributed by atoms with Gasteiger partial charge in [0.15, 0.2) is 6.10 Å². The zero-order valence-corrected chi connectivity index (χ0v) is 37.5. The van der Waals surface area contributed by atoms with Crippen LogP contribution in [0.1, 0.15) is 258 Å². The van der Waals surface area contributed by atoms with Gasteiger partial charge in [0, 0.05) is 24.6 Å². The van der Waals surface area contributed by atoms with Crippen LogP contribution in [0.25, 0.3) is 0 Å². The summed E-state index contributed by atoms with van der Waals surface area (Å²) in [6.45, 7) is 4.40. The highest BCUT2D eigenvalue weighted by Gasteiger charge is 2.19. The molecule has 0 aliphatic rings. The molecule has 0 aromatic heterocycles. The maximum atomic E-state index is 12.7. The van der Waals surface area contributed by atoms with Crippen LogP contribution in [0, 0.1) is 0 Å². The minimum atomic E-state index is -0.761. The third-order valence-corrected chi connectivity index (χ3v) is 11.2. The topological polar surface area (TPSA) is 78.9 Å². The van der Waals surface area contributed by atoms with E-state index in [1.807, 2.05) is 0 Å². The van der Waals surface area contributed by atoms with E-state index in [0.29, 0.717) is 19.3 Å². The van der Waals surface area contributed by atoms with Crippen molar-refractivity contribution in [2.24, 2.45) is 0 Å². The van der Waals surface area contributed by atoms with Crippen LogP contribution >= 0.6 is 15.9 Å². The molecule has 0 amide bonds. The van der Waals surface area contributed by atoms with Crippen LogP contribution in [0.5, 0.6) is 0 Å². The lowest BCUT2D eigenvalue weighted by atomic mass is 10.0. The molecule has 0 saturated carbocycles. The maximum absolute atomic E-state index is 12.7. The SMILES string of the molecule is CCCCCCCCCCCCCCCC(=O)OCC(COC(=O)CCCCCCCCCCCCCCC)OC(=O)CCCCCCCCCCCBr. The number of halogens is 1. The van der Waals surface area contributed by atoms with Gasteiger partial charge < -0.3 is 14.2 Å². The summed E-state index contributed by atoms with van der Waals surface area (Å²) in [6, 6.07) is 0. The fraction of sp³-hybridized carbons (Fsp3) is 0.936. The molecule has 0 aromatic rings. The van der Waals surface area contributed by atoms with Gasteiger partial charge in [-0.2, -0.15) is 0 Å². The molecule has 0 aliphatic heterocycles. The summed E-state index contributed by atoms with van der Waals surface area (Å²) in [5, 5.41) is 1.09. The highest BCUT2D eigenvalue weighted by molar-refractivity contribution is 9.09. The van der Waals surface area contributed by atoms with E-state index in [4.69, 9.17) is 14.2 Å². The molecule has 0 rings (SSSR count). The van der Waals surface area contributed by atoms with Crippen molar-refractivity contribution >= 4 is 33.8 Å². The van der Waals surface area contributed by atoms with E-state index in [1.165, 1.54) is 167 Å². The minimum absolute atomic E-state index is 0.0654. The van der Waals surface area contributed by atoms with Crippen molar-refractivity contribution in [2.75, 3.05) is 18.5 Å². The molecule has 7 heteroatoms. The molecule has 0 N–H and O–H groups in total. The Hall–Kier alpha value is -1.11. The molecule has 0 bridgehead atoms. The Kier molecular flexibility index (Phi) is 43.7. The third-order valence-electron chi connectivity index (χ3n) is 10.6. The van der Waals surface area contributed by atoms with Crippen molar-refractivity contribution in [1.82, 2.24) is 0 Å². The van der Waals surface area contributed by atoms with Crippen molar-refractivity contribution in [3.05, 3.63) is 0 Å². The molecule has 0 aromatic carbocycles. The molecule has 54 heavy (non-hydrogen) atoms. The fourth-order valence-electron chi connectivity index (χ4n) is 7.05. The van der Waals surface area contributed by atoms with Gasteiger partial charge in [-0.05, 0) is 25.7 Å². The van der Waals surface area contributed by atoms with Crippen LogP contribution in [-0.2, 0) is 28.6 Å². The number of alkyl halides is 1. The van der Waals surface area contributed by atoms with Gasteiger partial charge in [-0.3, -0.25) is 14.4 Å². The number of carbonyl (C=O) groups excluding carboxylic acids is 3. The highest BCUT2D eigenvalue weighted by atomic mass is 79.9. The van der Waals surface area contributed by atoms with E-state index in [1.54, 1.807) is 0 Å². The molecule has 320 valence electrons. The van der Waals surface area contributed by atoms with E-state index in [-0.39, 0.29) is 31.1 Å². The van der Waals surface area contributed by atoms with Gasteiger partial charge in [0.25, 0.3) is 0 Å². The van der Waals surface area contributed by atoms with Gasteiger partial charge >= 0.3 is 17.9 Å². The molecule has 0 atom stereocenters.